The maximum Gasteiger partial charge on any atom is 0.271 e. The zero-order chi connectivity index (χ0) is 28.9. The van der Waals surface area contributed by atoms with E-state index in [-0.39, 0.29) is 18.4 Å². The molecule has 3 heterocycles. The summed E-state index contributed by atoms with van der Waals surface area (Å²) in [7, 11) is 0. The summed E-state index contributed by atoms with van der Waals surface area (Å²) in [5.74, 6) is 2.22. The van der Waals surface area contributed by atoms with Crippen LogP contribution < -0.4 is 29.1 Å². The number of benzene rings is 4. The topological polar surface area (TPSA) is 62.1 Å². The standard InChI is InChI=1S/C35H25ClN2O4S/c36-28-8-4-3-7-26(28)33-27-15-12-23-5-1-2-6-25(23)32(27)37-35-38(33)34(39)31(43-35)18-21-9-13-24(14-10-21)40-19-22-11-16-29-30(17-22)42-20-41-29/h1-11,13-14,16-18,33H,12,15,19-20H2/b31-18+/t33-/m1/s1. The molecule has 5 aromatic rings. The van der Waals surface area contributed by atoms with Crippen LogP contribution in [0.3, 0.4) is 0 Å². The Balaban J connectivity index is 1.14. The molecule has 0 saturated carbocycles. The molecule has 3 aliphatic rings. The van der Waals surface area contributed by atoms with Crippen molar-refractivity contribution in [2.24, 2.45) is 4.99 Å². The van der Waals surface area contributed by atoms with E-state index in [9.17, 15) is 4.79 Å². The molecule has 0 unspecified atom stereocenters. The summed E-state index contributed by atoms with van der Waals surface area (Å²) in [6.07, 6.45) is 3.65. The van der Waals surface area contributed by atoms with Gasteiger partial charge in [-0.1, -0.05) is 83.6 Å². The largest absolute Gasteiger partial charge is 0.489 e. The van der Waals surface area contributed by atoms with Gasteiger partial charge in [-0.2, -0.15) is 0 Å². The molecule has 2 aliphatic heterocycles. The van der Waals surface area contributed by atoms with Gasteiger partial charge in [0.2, 0.25) is 6.79 Å². The molecule has 8 heteroatoms. The number of hydrogen-bond donors (Lipinski definition) is 0. The van der Waals surface area contributed by atoms with Crippen LogP contribution in [0.4, 0.5) is 0 Å². The zero-order valence-electron chi connectivity index (χ0n) is 23.0. The first-order chi connectivity index (χ1) is 21.1. The van der Waals surface area contributed by atoms with E-state index < -0.39 is 0 Å². The molecule has 0 fully saturated rings. The van der Waals surface area contributed by atoms with Gasteiger partial charge in [-0.3, -0.25) is 9.36 Å². The Kier molecular flexibility index (Phi) is 6.42. The van der Waals surface area contributed by atoms with Crippen molar-refractivity contribution in [2.75, 3.05) is 6.79 Å². The number of fused-ring (bicyclic) bond motifs is 4. The highest BCUT2D eigenvalue weighted by Crippen LogP contribution is 2.42. The summed E-state index contributed by atoms with van der Waals surface area (Å²) >= 11 is 8.16. The van der Waals surface area contributed by atoms with Crippen LogP contribution in [0, 0.1) is 0 Å². The molecular weight excluding hydrogens is 580 g/mol. The first-order valence-electron chi connectivity index (χ1n) is 14.1. The third kappa shape index (κ3) is 4.65. The fraction of sp³-hybridized carbons (Fsp3) is 0.143. The van der Waals surface area contributed by atoms with Gasteiger partial charge in [0, 0.05) is 10.6 Å². The smallest absolute Gasteiger partial charge is 0.271 e. The minimum absolute atomic E-state index is 0.0674. The maximum atomic E-state index is 14.0. The summed E-state index contributed by atoms with van der Waals surface area (Å²) in [5.41, 5.74) is 7.26. The van der Waals surface area contributed by atoms with E-state index in [1.165, 1.54) is 16.9 Å². The van der Waals surface area contributed by atoms with Gasteiger partial charge in [-0.15, -0.1) is 0 Å². The van der Waals surface area contributed by atoms with E-state index in [1.807, 2.05) is 83.4 Å². The third-order valence-corrected chi connectivity index (χ3v) is 9.42. The molecule has 0 amide bonds. The van der Waals surface area contributed by atoms with E-state index in [0.29, 0.717) is 21.0 Å². The molecule has 1 atom stereocenters. The SMILES string of the molecule is O=c1/c(=C\c2ccc(OCc3ccc4c(c3)OCO4)cc2)sc2n1[C@H](c1ccccc1Cl)C1=C(N=2)c2ccccc2CC1. The van der Waals surface area contributed by atoms with Crippen LogP contribution in [0.25, 0.3) is 11.8 Å². The Morgan fingerprint density at radius 3 is 2.65 bits per heavy atom. The van der Waals surface area contributed by atoms with Crippen molar-refractivity contribution in [3.8, 4) is 17.2 Å². The molecule has 212 valence electrons. The molecule has 0 N–H and O–H groups in total. The summed E-state index contributed by atoms with van der Waals surface area (Å²) in [5, 5.41) is 0.644. The number of aryl methyl sites for hydroxylation is 1. The van der Waals surface area contributed by atoms with Gasteiger partial charge in [-0.25, -0.2) is 4.99 Å². The van der Waals surface area contributed by atoms with E-state index >= 15 is 0 Å². The lowest BCUT2D eigenvalue weighted by Crippen LogP contribution is -2.38. The third-order valence-electron chi connectivity index (χ3n) is 8.09. The van der Waals surface area contributed by atoms with E-state index in [4.69, 9.17) is 30.8 Å². The first-order valence-corrected chi connectivity index (χ1v) is 15.3. The quantitative estimate of drug-likeness (QED) is 0.237. The molecule has 0 bridgehead atoms. The Labute approximate surface area is 256 Å². The summed E-state index contributed by atoms with van der Waals surface area (Å²) in [6, 6.07) is 29.4. The molecule has 0 spiro atoms. The van der Waals surface area contributed by atoms with E-state index in [1.54, 1.807) is 0 Å². The summed E-state index contributed by atoms with van der Waals surface area (Å²) in [6.45, 7) is 0.653. The molecular formula is C35H25ClN2O4S. The average molecular weight is 605 g/mol. The predicted octanol–water partition coefficient (Wildman–Crippen LogP) is 6.28. The van der Waals surface area contributed by atoms with Gasteiger partial charge >= 0.3 is 0 Å². The second kappa shape index (κ2) is 10.6. The van der Waals surface area contributed by atoms with Crippen LogP contribution in [0.1, 0.15) is 40.3 Å². The van der Waals surface area contributed by atoms with Crippen LogP contribution in [0.15, 0.2) is 106 Å². The minimum atomic E-state index is -0.303. The number of aromatic nitrogens is 1. The fourth-order valence-electron chi connectivity index (χ4n) is 6.00. The van der Waals surface area contributed by atoms with Crippen LogP contribution in [-0.2, 0) is 13.0 Å². The summed E-state index contributed by atoms with van der Waals surface area (Å²) in [4.78, 5) is 19.8. The minimum Gasteiger partial charge on any atom is -0.489 e. The molecule has 0 radical (unpaired) electrons. The van der Waals surface area contributed by atoms with Gasteiger partial charge in [0.25, 0.3) is 5.56 Å². The highest BCUT2D eigenvalue weighted by Gasteiger charge is 2.33. The van der Waals surface area contributed by atoms with Gasteiger partial charge in [0.05, 0.1) is 16.3 Å². The van der Waals surface area contributed by atoms with Gasteiger partial charge in [-0.05, 0) is 77.1 Å². The van der Waals surface area contributed by atoms with Crippen LogP contribution in [0.5, 0.6) is 17.2 Å². The van der Waals surface area contributed by atoms with Crippen molar-refractivity contribution >= 4 is 34.7 Å². The Bertz CT molecular complexity index is 2110. The number of allylic oxidation sites excluding steroid dienone is 1. The average Bonchev–Trinajstić information content (AvgIpc) is 3.63. The lowest BCUT2D eigenvalue weighted by molar-refractivity contribution is 0.174. The molecule has 0 saturated heterocycles. The summed E-state index contributed by atoms with van der Waals surface area (Å²) < 4.78 is 19.3. The lowest BCUT2D eigenvalue weighted by atomic mass is 9.83. The van der Waals surface area contributed by atoms with Crippen LogP contribution >= 0.6 is 22.9 Å². The van der Waals surface area contributed by atoms with E-state index in [2.05, 4.69) is 18.2 Å². The Morgan fingerprint density at radius 1 is 0.953 bits per heavy atom. The van der Waals surface area contributed by atoms with Crippen LogP contribution in [0.2, 0.25) is 5.02 Å². The fourth-order valence-corrected chi connectivity index (χ4v) is 7.24. The first kappa shape index (κ1) is 26.1. The van der Waals surface area contributed by atoms with Crippen molar-refractivity contribution in [3.05, 3.63) is 149 Å². The van der Waals surface area contributed by atoms with Crippen molar-refractivity contribution in [1.29, 1.82) is 0 Å². The van der Waals surface area contributed by atoms with Crippen molar-refractivity contribution < 1.29 is 14.2 Å². The monoisotopic (exact) mass is 604 g/mol. The van der Waals surface area contributed by atoms with Crippen molar-refractivity contribution in [2.45, 2.75) is 25.5 Å². The van der Waals surface area contributed by atoms with Crippen LogP contribution in [-0.4, -0.2) is 11.4 Å². The van der Waals surface area contributed by atoms with E-state index in [0.717, 1.165) is 63.6 Å². The van der Waals surface area contributed by atoms with Gasteiger partial charge in [0.1, 0.15) is 12.4 Å². The second-order valence-electron chi connectivity index (χ2n) is 10.7. The molecule has 6 nitrogen and oxygen atoms in total. The number of hydrogen-bond acceptors (Lipinski definition) is 6. The Morgan fingerprint density at radius 2 is 1.77 bits per heavy atom. The Hall–Kier alpha value is -4.59. The predicted molar refractivity (Wildman–Crippen MR) is 168 cm³/mol. The van der Waals surface area contributed by atoms with Crippen molar-refractivity contribution in [3.63, 3.8) is 0 Å². The number of rotatable bonds is 5. The number of halogens is 1. The zero-order valence-corrected chi connectivity index (χ0v) is 24.5. The van der Waals surface area contributed by atoms with Gasteiger partial charge in [0.15, 0.2) is 16.3 Å². The molecule has 1 aromatic heterocycles. The normalized spacial score (nSPS) is 16.8. The second-order valence-corrected chi connectivity index (χ2v) is 12.1. The number of nitrogens with zero attached hydrogens (tertiary/aromatic N) is 2. The highest BCUT2D eigenvalue weighted by atomic mass is 35.5. The number of thiazole rings is 1. The molecule has 4 aromatic carbocycles. The number of ether oxygens (including phenoxy) is 3. The maximum absolute atomic E-state index is 14.0. The van der Waals surface area contributed by atoms with Crippen molar-refractivity contribution in [1.82, 2.24) is 4.57 Å². The molecule has 8 rings (SSSR count). The highest BCUT2D eigenvalue weighted by molar-refractivity contribution is 7.07. The van der Waals surface area contributed by atoms with Gasteiger partial charge < -0.3 is 14.2 Å². The molecule has 1 aliphatic carbocycles. The molecule has 43 heavy (non-hydrogen) atoms. The lowest BCUT2D eigenvalue weighted by Gasteiger charge is -2.31.